The fourth-order valence-electron chi connectivity index (χ4n) is 4.08. The van der Waals surface area contributed by atoms with E-state index in [9.17, 15) is 14.7 Å². The molecule has 33 heavy (non-hydrogen) atoms. The molecule has 0 saturated heterocycles. The van der Waals surface area contributed by atoms with E-state index in [-0.39, 0.29) is 11.3 Å². The molecule has 1 atom stereocenters. The molecule has 164 valence electrons. The average Bonchev–Trinajstić information content (AvgIpc) is 3.37. The molecule has 0 spiro atoms. The van der Waals surface area contributed by atoms with Crippen LogP contribution in [0.2, 0.25) is 5.02 Å². The van der Waals surface area contributed by atoms with Crippen molar-refractivity contribution in [3.63, 3.8) is 0 Å². The number of methoxy groups -OCH3 is 1. The maximum atomic E-state index is 13.6. The van der Waals surface area contributed by atoms with Crippen molar-refractivity contribution < 1.29 is 23.8 Å². The number of para-hydroxylation sites is 1. The predicted molar refractivity (Wildman–Crippen MR) is 125 cm³/mol. The van der Waals surface area contributed by atoms with E-state index < -0.39 is 23.5 Å². The van der Waals surface area contributed by atoms with E-state index in [0.717, 1.165) is 0 Å². The number of aliphatic hydroxyl groups excluding tert-OH is 1. The average molecular weight is 460 g/mol. The third-order valence-electron chi connectivity index (χ3n) is 5.60. The van der Waals surface area contributed by atoms with E-state index in [1.807, 2.05) is 6.07 Å². The number of fused-ring (bicyclic) bond motifs is 1. The molecule has 3 aromatic carbocycles. The van der Waals surface area contributed by atoms with Crippen LogP contribution in [0.4, 0.5) is 5.69 Å². The first-order chi connectivity index (χ1) is 16.0. The van der Waals surface area contributed by atoms with Gasteiger partial charge in [-0.1, -0.05) is 41.9 Å². The lowest BCUT2D eigenvalue weighted by Crippen LogP contribution is -2.31. The van der Waals surface area contributed by atoms with E-state index in [1.54, 1.807) is 72.8 Å². The molecule has 1 aliphatic rings. The predicted octanol–water partition coefficient (Wildman–Crippen LogP) is 5.88. The molecule has 7 heteroatoms. The topological polar surface area (TPSA) is 80.0 Å². The zero-order valence-electron chi connectivity index (χ0n) is 17.5. The second kappa shape index (κ2) is 8.15. The number of nitrogens with zero attached hydrogens (tertiary/aromatic N) is 1. The number of carbonyl (C=O) groups excluding carboxylic acids is 2. The van der Waals surface area contributed by atoms with E-state index in [4.69, 9.17) is 20.8 Å². The van der Waals surface area contributed by atoms with Gasteiger partial charge < -0.3 is 14.3 Å². The molecule has 1 amide bonds. The smallest absolute Gasteiger partial charge is 0.294 e. The van der Waals surface area contributed by atoms with Gasteiger partial charge in [0, 0.05) is 16.1 Å². The maximum Gasteiger partial charge on any atom is 0.294 e. The number of anilines is 1. The lowest BCUT2D eigenvalue weighted by Gasteiger charge is -2.27. The van der Waals surface area contributed by atoms with Gasteiger partial charge in [0.25, 0.3) is 5.91 Å². The van der Waals surface area contributed by atoms with Crippen molar-refractivity contribution in [3.05, 3.63) is 107 Å². The minimum absolute atomic E-state index is 0.00410. The lowest BCUT2D eigenvalue weighted by atomic mass is 9.94. The Bertz CT molecular complexity index is 1420. The first-order valence-corrected chi connectivity index (χ1v) is 10.5. The van der Waals surface area contributed by atoms with Crippen molar-refractivity contribution in [1.29, 1.82) is 0 Å². The van der Waals surface area contributed by atoms with Crippen LogP contribution in [0.25, 0.3) is 11.0 Å². The second-order valence-electron chi connectivity index (χ2n) is 7.57. The summed E-state index contributed by atoms with van der Waals surface area (Å²) in [6, 6.07) is 21.6. The summed E-state index contributed by atoms with van der Waals surface area (Å²) in [5, 5.41) is 12.0. The van der Waals surface area contributed by atoms with Crippen molar-refractivity contribution in [2.75, 3.05) is 12.0 Å². The van der Waals surface area contributed by atoms with Crippen molar-refractivity contribution in [1.82, 2.24) is 0 Å². The molecule has 1 aromatic heterocycles. The van der Waals surface area contributed by atoms with E-state index in [1.165, 1.54) is 12.0 Å². The highest BCUT2D eigenvalue weighted by molar-refractivity contribution is 6.31. The Morgan fingerprint density at radius 1 is 1.03 bits per heavy atom. The van der Waals surface area contributed by atoms with Crippen LogP contribution in [0.5, 0.6) is 5.75 Å². The number of benzene rings is 3. The zero-order valence-corrected chi connectivity index (χ0v) is 18.2. The molecule has 1 N–H and O–H groups in total. The second-order valence-corrected chi connectivity index (χ2v) is 8.01. The van der Waals surface area contributed by atoms with Crippen molar-refractivity contribution in [3.8, 4) is 5.75 Å². The molecule has 1 aliphatic heterocycles. The molecule has 5 rings (SSSR count). The van der Waals surface area contributed by atoms with Crippen molar-refractivity contribution in [2.24, 2.45) is 0 Å². The Labute approximate surface area is 194 Å². The van der Waals surface area contributed by atoms with Gasteiger partial charge in [0.15, 0.2) is 11.5 Å². The van der Waals surface area contributed by atoms with E-state index >= 15 is 0 Å². The minimum atomic E-state index is -0.876. The SMILES string of the molecule is COc1cccc(C2C(C(=O)c3cc4cc(Cl)ccc4o3)=C(O)C(=O)N2c2ccccc2)c1. The first kappa shape index (κ1) is 20.8. The Morgan fingerprint density at radius 2 is 1.82 bits per heavy atom. The van der Waals surface area contributed by atoms with Gasteiger partial charge in [0.1, 0.15) is 11.3 Å². The van der Waals surface area contributed by atoms with Gasteiger partial charge >= 0.3 is 0 Å². The Hall–Kier alpha value is -4.03. The third-order valence-corrected chi connectivity index (χ3v) is 5.83. The Morgan fingerprint density at radius 3 is 2.58 bits per heavy atom. The summed E-state index contributed by atoms with van der Waals surface area (Å²) in [6.07, 6.45) is 0. The van der Waals surface area contributed by atoms with Gasteiger partial charge in [-0.15, -0.1) is 0 Å². The van der Waals surface area contributed by atoms with Crippen LogP contribution in [0.15, 0.2) is 94.6 Å². The molecular weight excluding hydrogens is 442 g/mol. The normalized spacial score (nSPS) is 16.0. The van der Waals surface area contributed by atoms with Gasteiger partial charge in [0.05, 0.1) is 18.7 Å². The number of amides is 1. The van der Waals surface area contributed by atoms with E-state index in [0.29, 0.717) is 33.0 Å². The number of carbonyl (C=O) groups is 2. The summed E-state index contributed by atoms with van der Waals surface area (Å²) < 4.78 is 11.1. The Kier molecular flexibility index (Phi) is 5.15. The van der Waals surface area contributed by atoms with Crippen LogP contribution in [-0.4, -0.2) is 23.9 Å². The van der Waals surface area contributed by atoms with Crippen LogP contribution >= 0.6 is 11.6 Å². The summed E-state index contributed by atoms with van der Waals surface area (Å²) in [5.74, 6) is -1.31. The number of hydrogen-bond acceptors (Lipinski definition) is 5. The highest BCUT2D eigenvalue weighted by Crippen LogP contribution is 2.43. The quantitative estimate of drug-likeness (QED) is 0.377. The molecule has 0 bridgehead atoms. The molecule has 2 heterocycles. The molecule has 1 unspecified atom stereocenters. The van der Waals surface area contributed by atoms with Gasteiger partial charge in [-0.2, -0.15) is 0 Å². The summed E-state index contributed by atoms with van der Waals surface area (Å²) in [7, 11) is 1.53. The fraction of sp³-hybridized carbons (Fsp3) is 0.0769. The number of hydrogen-bond donors (Lipinski definition) is 1. The number of ketones is 1. The molecular formula is C26H18ClNO5. The minimum Gasteiger partial charge on any atom is -0.503 e. The number of furan rings is 1. The van der Waals surface area contributed by atoms with Crippen molar-refractivity contribution in [2.45, 2.75) is 6.04 Å². The lowest BCUT2D eigenvalue weighted by molar-refractivity contribution is -0.117. The number of aliphatic hydroxyl groups is 1. The molecule has 6 nitrogen and oxygen atoms in total. The number of rotatable bonds is 5. The van der Waals surface area contributed by atoms with Gasteiger partial charge in [0.2, 0.25) is 5.78 Å². The Balaban J connectivity index is 1.67. The van der Waals surface area contributed by atoms with Crippen LogP contribution in [-0.2, 0) is 4.79 Å². The fourth-order valence-corrected chi connectivity index (χ4v) is 4.26. The number of Topliss-reactive ketones (excluding diaryl/α,β-unsaturated/α-hetero) is 1. The largest absolute Gasteiger partial charge is 0.503 e. The molecule has 0 fully saturated rings. The first-order valence-electron chi connectivity index (χ1n) is 10.2. The van der Waals surface area contributed by atoms with Crippen molar-refractivity contribution >= 4 is 39.9 Å². The standard InChI is InChI=1S/C26H18ClNO5/c1-32-19-9-5-6-15(13-19)23-22(25(30)26(31)28(23)18-7-3-2-4-8-18)24(29)21-14-16-12-17(27)10-11-20(16)33-21/h2-14,23,30H,1H3. The summed E-state index contributed by atoms with van der Waals surface area (Å²) >= 11 is 6.06. The third kappa shape index (κ3) is 3.54. The zero-order chi connectivity index (χ0) is 23.1. The van der Waals surface area contributed by atoms with Gasteiger partial charge in [-0.05, 0) is 54.1 Å². The van der Waals surface area contributed by atoms with Crippen LogP contribution in [0, 0.1) is 0 Å². The molecule has 0 aliphatic carbocycles. The molecule has 4 aromatic rings. The highest BCUT2D eigenvalue weighted by atomic mass is 35.5. The summed E-state index contributed by atoms with van der Waals surface area (Å²) in [5.41, 5.74) is 1.56. The molecule has 0 radical (unpaired) electrons. The van der Waals surface area contributed by atoms with Crippen LogP contribution < -0.4 is 9.64 Å². The highest BCUT2D eigenvalue weighted by Gasteiger charge is 2.45. The maximum absolute atomic E-state index is 13.6. The number of ether oxygens (including phenoxy) is 1. The summed E-state index contributed by atoms with van der Waals surface area (Å²) in [6.45, 7) is 0. The monoisotopic (exact) mass is 459 g/mol. The summed E-state index contributed by atoms with van der Waals surface area (Å²) in [4.78, 5) is 28.2. The van der Waals surface area contributed by atoms with Crippen LogP contribution in [0.3, 0.4) is 0 Å². The van der Waals surface area contributed by atoms with E-state index in [2.05, 4.69) is 0 Å². The van der Waals surface area contributed by atoms with Crippen LogP contribution in [0.1, 0.15) is 22.2 Å². The number of halogens is 1. The molecule has 0 saturated carbocycles. The van der Waals surface area contributed by atoms with Gasteiger partial charge in [-0.3, -0.25) is 14.5 Å². The van der Waals surface area contributed by atoms with Gasteiger partial charge in [-0.25, -0.2) is 0 Å².